The zero-order chi connectivity index (χ0) is 13.4. The Bertz CT molecular complexity index is 579. The van der Waals surface area contributed by atoms with E-state index in [4.69, 9.17) is 11.6 Å². The van der Waals surface area contributed by atoms with Gasteiger partial charge in [-0.25, -0.2) is 8.78 Å². The lowest BCUT2D eigenvalue weighted by Gasteiger charge is -2.10. The van der Waals surface area contributed by atoms with Gasteiger partial charge in [-0.15, -0.1) is 11.3 Å². The second kappa shape index (κ2) is 5.57. The highest BCUT2D eigenvalue weighted by Crippen LogP contribution is 2.40. The Labute approximate surface area is 129 Å². The van der Waals surface area contributed by atoms with Crippen LogP contribution in [0.5, 0.6) is 0 Å². The van der Waals surface area contributed by atoms with Crippen LogP contribution in [0.1, 0.15) is 20.8 Å². The van der Waals surface area contributed by atoms with Crippen molar-refractivity contribution in [2.75, 3.05) is 0 Å². The van der Waals surface area contributed by atoms with Crippen molar-refractivity contribution in [1.29, 1.82) is 0 Å². The SMILES string of the molecule is Cc1cc(C(Br)c2cc(F)c(Cl)cc2F)sc1Br. The lowest BCUT2D eigenvalue weighted by Crippen LogP contribution is -1.96. The van der Waals surface area contributed by atoms with Crippen molar-refractivity contribution in [3.05, 3.63) is 54.6 Å². The van der Waals surface area contributed by atoms with Crippen LogP contribution in [0.15, 0.2) is 22.0 Å². The van der Waals surface area contributed by atoms with Crippen molar-refractivity contribution in [1.82, 2.24) is 0 Å². The number of rotatable bonds is 2. The molecule has 0 nitrogen and oxygen atoms in total. The summed E-state index contributed by atoms with van der Waals surface area (Å²) < 4.78 is 28.2. The lowest BCUT2D eigenvalue weighted by molar-refractivity contribution is 0.589. The molecule has 0 aliphatic carbocycles. The Morgan fingerprint density at radius 3 is 2.44 bits per heavy atom. The normalized spacial score (nSPS) is 12.8. The van der Waals surface area contributed by atoms with Gasteiger partial charge in [-0.3, -0.25) is 0 Å². The van der Waals surface area contributed by atoms with Crippen LogP contribution in [0.25, 0.3) is 0 Å². The third-order valence-corrected chi connectivity index (χ3v) is 6.22. The van der Waals surface area contributed by atoms with Gasteiger partial charge in [-0.2, -0.15) is 0 Å². The summed E-state index contributed by atoms with van der Waals surface area (Å²) in [7, 11) is 0. The predicted octanol–water partition coefficient (Wildman–Crippen LogP) is 6.23. The molecule has 1 aromatic carbocycles. The van der Waals surface area contributed by atoms with Crippen LogP contribution in [-0.4, -0.2) is 0 Å². The molecule has 2 aromatic rings. The summed E-state index contributed by atoms with van der Waals surface area (Å²) in [6.07, 6.45) is 0. The van der Waals surface area contributed by atoms with E-state index < -0.39 is 11.6 Å². The van der Waals surface area contributed by atoms with Gasteiger partial charge in [0, 0.05) is 10.4 Å². The second-order valence-electron chi connectivity index (χ2n) is 3.76. The lowest BCUT2D eigenvalue weighted by atomic mass is 10.1. The molecule has 1 unspecified atom stereocenters. The summed E-state index contributed by atoms with van der Waals surface area (Å²) >= 11 is 13.8. The Hall–Kier alpha value is 0.0300. The van der Waals surface area contributed by atoms with Crippen LogP contribution < -0.4 is 0 Å². The van der Waals surface area contributed by atoms with E-state index in [2.05, 4.69) is 31.9 Å². The average Bonchev–Trinajstić information content (AvgIpc) is 2.63. The van der Waals surface area contributed by atoms with Crippen LogP contribution in [0.2, 0.25) is 5.02 Å². The molecular formula is C12H7Br2ClF2S. The maximum absolute atomic E-state index is 13.8. The fourth-order valence-corrected chi connectivity index (χ4v) is 3.98. The molecule has 6 heteroatoms. The molecule has 0 N–H and O–H groups in total. The molecule has 0 saturated heterocycles. The van der Waals surface area contributed by atoms with Gasteiger partial charge in [0.15, 0.2) is 0 Å². The van der Waals surface area contributed by atoms with Gasteiger partial charge >= 0.3 is 0 Å². The van der Waals surface area contributed by atoms with Crippen LogP contribution >= 0.6 is 54.8 Å². The smallest absolute Gasteiger partial charge is 0.142 e. The van der Waals surface area contributed by atoms with Gasteiger partial charge < -0.3 is 0 Å². The van der Waals surface area contributed by atoms with Crippen LogP contribution in [0.4, 0.5) is 8.78 Å². The molecule has 0 aliphatic heterocycles. The fraction of sp³-hybridized carbons (Fsp3) is 0.167. The molecule has 18 heavy (non-hydrogen) atoms. The van der Waals surface area contributed by atoms with Crippen molar-refractivity contribution in [3.63, 3.8) is 0 Å². The van der Waals surface area contributed by atoms with E-state index in [0.717, 1.165) is 26.4 Å². The van der Waals surface area contributed by atoms with E-state index in [1.54, 1.807) is 0 Å². The molecule has 0 saturated carbocycles. The molecule has 1 heterocycles. The first-order valence-electron chi connectivity index (χ1n) is 4.94. The number of aryl methyl sites for hydroxylation is 1. The number of alkyl halides is 1. The van der Waals surface area contributed by atoms with Crippen molar-refractivity contribution in [2.24, 2.45) is 0 Å². The highest BCUT2D eigenvalue weighted by Gasteiger charge is 2.20. The summed E-state index contributed by atoms with van der Waals surface area (Å²) in [4.78, 5) is 0.513. The first-order valence-corrected chi connectivity index (χ1v) is 7.84. The molecular weight excluding hydrogens is 409 g/mol. The topological polar surface area (TPSA) is 0 Å². The first kappa shape index (κ1) is 14.4. The Kier molecular flexibility index (Phi) is 4.47. The molecule has 0 spiro atoms. The van der Waals surface area contributed by atoms with Crippen LogP contribution in [0.3, 0.4) is 0 Å². The quantitative estimate of drug-likeness (QED) is 0.402. The molecule has 1 aromatic heterocycles. The highest BCUT2D eigenvalue weighted by molar-refractivity contribution is 9.11. The molecule has 2 rings (SSSR count). The minimum absolute atomic E-state index is 0.209. The number of halogens is 5. The second-order valence-corrected chi connectivity index (χ2v) is 7.48. The van der Waals surface area contributed by atoms with Gasteiger partial charge in [0.05, 0.1) is 13.6 Å². The third-order valence-electron chi connectivity index (χ3n) is 2.44. The van der Waals surface area contributed by atoms with Crippen LogP contribution in [-0.2, 0) is 0 Å². The largest absolute Gasteiger partial charge is 0.207 e. The van der Waals surface area contributed by atoms with E-state index in [1.165, 1.54) is 11.3 Å². The van der Waals surface area contributed by atoms with Gasteiger partial charge in [0.1, 0.15) is 11.6 Å². The molecule has 0 aliphatic rings. The maximum Gasteiger partial charge on any atom is 0.142 e. The monoisotopic (exact) mass is 414 g/mol. The van der Waals surface area contributed by atoms with E-state index in [9.17, 15) is 8.78 Å². The van der Waals surface area contributed by atoms with Crippen molar-refractivity contribution >= 4 is 54.8 Å². The standard InChI is InChI=1S/C12H7Br2ClF2S/c1-5-2-10(18-12(5)14)11(13)6-3-9(17)7(15)4-8(6)16/h2-4,11H,1H3. The van der Waals surface area contributed by atoms with Crippen molar-refractivity contribution in [3.8, 4) is 0 Å². The predicted molar refractivity (Wildman–Crippen MR) is 78.9 cm³/mol. The minimum Gasteiger partial charge on any atom is -0.207 e. The summed E-state index contributed by atoms with van der Waals surface area (Å²) in [5.41, 5.74) is 1.31. The van der Waals surface area contributed by atoms with Crippen molar-refractivity contribution in [2.45, 2.75) is 11.8 Å². The summed E-state index contributed by atoms with van der Waals surface area (Å²) in [6.45, 7) is 1.95. The number of thiophene rings is 1. The highest BCUT2D eigenvalue weighted by atomic mass is 79.9. The van der Waals surface area contributed by atoms with Crippen molar-refractivity contribution < 1.29 is 8.78 Å². The third kappa shape index (κ3) is 2.79. The number of hydrogen-bond donors (Lipinski definition) is 0. The van der Waals surface area contributed by atoms with E-state index >= 15 is 0 Å². The minimum atomic E-state index is -0.620. The van der Waals surface area contributed by atoms with Gasteiger partial charge in [0.2, 0.25) is 0 Å². The maximum atomic E-state index is 13.8. The fourth-order valence-electron chi connectivity index (χ4n) is 1.49. The van der Waals surface area contributed by atoms with E-state index in [0.29, 0.717) is 0 Å². The van der Waals surface area contributed by atoms with Gasteiger partial charge in [-0.1, -0.05) is 27.5 Å². The molecule has 1 atom stereocenters. The Morgan fingerprint density at radius 2 is 1.89 bits per heavy atom. The molecule has 0 radical (unpaired) electrons. The summed E-state index contributed by atoms with van der Waals surface area (Å²) in [5, 5.41) is -0.209. The zero-order valence-corrected chi connectivity index (χ0v) is 13.9. The van der Waals surface area contributed by atoms with Gasteiger partial charge in [-0.05, 0) is 46.6 Å². The average molecular weight is 417 g/mol. The number of hydrogen-bond acceptors (Lipinski definition) is 1. The summed E-state index contributed by atoms with van der Waals surface area (Å²) in [6, 6.07) is 4.05. The van der Waals surface area contributed by atoms with Crippen LogP contribution in [0, 0.1) is 18.6 Å². The molecule has 0 bridgehead atoms. The van der Waals surface area contributed by atoms with E-state index in [-0.39, 0.29) is 15.4 Å². The summed E-state index contributed by atoms with van der Waals surface area (Å²) in [5.74, 6) is -1.14. The molecule has 96 valence electrons. The number of benzene rings is 1. The Balaban J connectivity index is 2.45. The Morgan fingerprint density at radius 1 is 1.22 bits per heavy atom. The molecule has 0 amide bonds. The van der Waals surface area contributed by atoms with Gasteiger partial charge in [0.25, 0.3) is 0 Å². The molecule has 0 fully saturated rings. The van der Waals surface area contributed by atoms with E-state index in [1.807, 2.05) is 13.0 Å². The zero-order valence-electron chi connectivity index (χ0n) is 9.11. The first-order chi connectivity index (χ1) is 8.40.